The molecule has 0 radical (unpaired) electrons. The van der Waals surface area contributed by atoms with E-state index in [1.54, 1.807) is 59.9 Å². The number of nitrogens with one attached hydrogen (secondary N) is 1. The highest BCUT2D eigenvalue weighted by atomic mass is 32.2. The Hall–Kier alpha value is -2.42. The van der Waals surface area contributed by atoms with Crippen molar-refractivity contribution in [3.05, 3.63) is 59.7 Å². The fraction of sp³-hybridized carbons (Fsp3) is 0.409. The van der Waals surface area contributed by atoms with E-state index in [1.807, 2.05) is 0 Å². The number of ether oxygens (including phenoxy) is 2. The number of nitrogens with zero attached hydrogens (tertiary/aromatic N) is 1. The second-order valence-corrected chi connectivity index (χ2v) is 9.07. The molecule has 2 aromatic carbocycles. The molecule has 162 valence electrons. The molecular formula is C22H28N2O5S. The van der Waals surface area contributed by atoms with E-state index in [2.05, 4.69) is 5.32 Å². The Kier molecular flexibility index (Phi) is 7.84. The van der Waals surface area contributed by atoms with Gasteiger partial charge in [-0.05, 0) is 42.7 Å². The summed E-state index contributed by atoms with van der Waals surface area (Å²) in [6, 6.07) is 13.7. The van der Waals surface area contributed by atoms with E-state index < -0.39 is 10.0 Å². The largest absolute Gasteiger partial charge is 0.490 e. The van der Waals surface area contributed by atoms with Gasteiger partial charge >= 0.3 is 0 Å². The normalized spacial score (nSPS) is 15.0. The molecule has 0 bridgehead atoms. The molecule has 7 nitrogen and oxygen atoms in total. The summed E-state index contributed by atoms with van der Waals surface area (Å²) in [4.78, 5) is 12.9. The number of benzene rings is 2. The molecule has 1 aliphatic rings. The lowest BCUT2D eigenvalue weighted by Crippen LogP contribution is -2.35. The van der Waals surface area contributed by atoms with Crippen LogP contribution in [0.3, 0.4) is 0 Å². The summed E-state index contributed by atoms with van der Waals surface area (Å²) in [5.74, 6) is 0.239. The number of methoxy groups -OCH3 is 1. The molecule has 0 saturated carbocycles. The summed E-state index contributed by atoms with van der Waals surface area (Å²) < 4.78 is 37.6. The van der Waals surface area contributed by atoms with Gasteiger partial charge in [-0.2, -0.15) is 4.31 Å². The van der Waals surface area contributed by atoms with E-state index in [-0.39, 0.29) is 17.3 Å². The third-order valence-electron chi connectivity index (χ3n) is 5.01. The van der Waals surface area contributed by atoms with Crippen LogP contribution in [-0.4, -0.2) is 52.0 Å². The van der Waals surface area contributed by atoms with Crippen molar-refractivity contribution in [2.75, 3.05) is 33.4 Å². The zero-order valence-corrected chi connectivity index (χ0v) is 18.0. The monoisotopic (exact) mass is 432 g/mol. The van der Waals surface area contributed by atoms with Gasteiger partial charge in [0.05, 0.1) is 17.1 Å². The number of rotatable bonds is 9. The Morgan fingerprint density at radius 1 is 1.00 bits per heavy atom. The molecule has 1 aliphatic heterocycles. The van der Waals surface area contributed by atoms with Gasteiger partial charge < -0.3 is 14.8 Å². The smallest absolute Gasteiger partial charge is 0.255 e. The summed E-state index contributed by atoms with van der Waals surface area (Å²) in [5.41, 5.74) is 1.26. The van der Waals surface area contributed by atoms with E-state index in [0.29, 0.717) is 37.6 Å². The maximum Gasteiger partial charge on any atom is 0.255 e. The topological polar surface area (TPSA) is 84.9 Å². The van der Waals surface area contributed by atoms with Crippen LogP contribution in [0.25, 0.3) is 0 Å². The van der Waals surface area contributed by atoms with Gasteiger partial charge in [-0.3, -0.25) is 4.79 Å². The van der Waals surface area contributed by atoms with E-state index in [0.717, 1.165) is 24.8 Å². The van der Waals surface area contributed by atoms with Gasteiger partial charge in [0.15, 0.2) is 0 Å². The molecule has 1 amide bonds. The first-order chi connectivity index (χ1) is 14.5. The number of hydrogen-bond acceptors (Lipinski definition) is 5. The third kappa shape index (κ3) is 5.59. The summed E-state index contributed by atoms with van der Waals surface area (Å²) in [6.45, 7) is 2.23. The minimum absolute atomic E-state index is 0.256. The second-order valence-electron chi connectivity index (χ2n) is 7.13. The van der Waals surface area contributed by atoms with Gasteiger partial charge in [0.1, 0.15) is 12.4 Å². The number of sulfonamides is 1. The molecule has 1 saturated heterocycles. The van der Waals surface area contributed by atoms with Crippen LogP contribution in [0.4, 0.5) is 0 Å². The summed E-state index contributed by atoms with van der Waals surface area (Å²) in [7, 11) is -1.86. The standard InChI is InChI=1S/C22H28N2O5S/c1-28-15-16-29-21-8-4-3-7-20(21)22(25)23-17-18-9-11-19(12-10-18)30(26,27)24-13-5-2-6-14-24/h3-4,7-12H,2,5-6,13-17H2,1H3,(H,23,25). The Balaban J connectivity index is 1.61. The van der Waals surface area contributed by atoms with Gasteiger partial charge in [0, 0.05) is 26.7 Å². The average Bonchev–Trinajstić information content (AvgIpc) is 2.79. The van der Waals surface area contributed by atoms with Crippen molar-refractivity contribution in [2.45, 2.75) is 30.7 Å². The second kappa shape index (κ2) is 10.6. The highest BCUT2D eigenvalue weighted by Crippen LogP contribution is 2.21. The van der Waals surface area contributed by atoms with Crippen molar-refractivity contribution in [1.29, 1.82) is 0 Å². The lowest BCUT2D eigenvalue weighted by atomic mass is 10.1. The number of para-hydroxylation sites is 1. The van der Waals surface area contributed by atoms with Gasteiger partial charge in [0.25, 0.3) is 5.91 Å². The fourth-order valence-electron chi connectivity index (χ4n) is 3.33. The zero-order valence-electron chi connectivity index (χ0n) is 17.2. The fourth-order valence-corrected chi connectivity index (χ4v) is 4.84. The molecule has 0 aromatic heterocycles. The molecule has 1 heterocycles. The van der Waals surface area contributed by atoms with Crippen LogP contribution in [-0.2, 0) is 21.3 Å². The van der Waals surface area contributed by atoms with Gasteiger partial charge in [-0.15, -0.1) is 0 Å². The first kappa shape index (κ1) is 22.3. The van der Waals surface area contributed by atoms with Crippen LogP contribution in [0, 0.1) is 0 Å². The average molecular weight is 433 g/mol. The molecular weight excluding hydrogens is 404 g/mol. The van der Waals surface area contributed by atoms with Crippen molar-refractivity contribution in [2.24, 2.45) is 0 Å². The SMILES string of the molecule is COCCOc1ccccc1C(=O)NCc1ccc(S(=O)(=O)N2CCCCC2)cc1. The van der Waals surface area contributed by atoms with Gasteiger partial charge in [-0.25, -0.2) is 8.42 Å². The predicted molar refractivity (Wildman–Crippen MR) is 114 cm³/mol. The van der Waals surface area contributed by atoms with Crippen molar-refractivity contribution in [3.8, 4) is 5.75 Å². The van der Waals surface area contributed by atoms with E-state index in [4.69, 9.17) is 9.47 Å². The van der Waals surface area contributed by atoms with Crippen molar-refractivity contribution >= 4 is 15.9 Å². The minimum Gasteiger partial charge on any atom is -0.490 e. The highest BCUT2D eigenvalue weighted by Gasteiger charge is 2.25. The first-order valence-electron chi connectivity index (χ1n) is 10.1. The molecule has 2 aromatic rings. The van der Waals surface area contributed by atoms with Crippen LogP contribution < -0.4 is 10.1 Å². The maximum atomic E-state index is 12.7. The highest BCUT2D eigenvalue weighted by molar-refractivity contribution is 7.89. The molecule has 1 N–H and O–H groups in total. The maximum absolute atomic E-state index is 12.7. The van der Waals surface area contributed by atoms with E-state index in [1.165, 1.54) is 0 Å². The van der Waals surface area contributed by atoms with Gasteiger partial charge in [-0.1, -0.05) is 30.7 Å². The first-order valence-corrected chi connectivity index (χ1v) is 11.5. The van der Waals surface area contributed by atoms with E-state index >= 15 is 0 Å². The Labute approximate surface area is 178 Å². The molecule has 0 spiro atoms. The zero-order chi connectivity index (χ0) is 21.4. The molecule has 30 heavy (non-hydrogen) atoms. The van der Waals surface area contributed by atoms with Crippen LogP contribution in [0.5, 0.6) is 5.75 Å². The molecule has 0 atom stereocenters. The Morgan fingerprint density at radius 2 is 1.70 bits per heavy atom. The van der Waals surface area contributed by atoms with Crippen molar-refractivity contribution in [1.82, 2.24) is 9.62 Å². The molecule has 0 aliphatic carbocycles. The number of carbonyl (C=O) groups is 1. The van der Waals surface area contributed by atoms with Crippen LogP contribution in [0.1, 0.15) is 35.2 Å². The number of amides is 1. The number of hydrogen-bond donors (Lipinski definition) is 1. The quantitative estimate of drug-likeness (QED) is 0.616. The Bertz CT molecular complexity index is 938. The molecule has 3 rings (SSSR count). The van der Waals surface area contributed by atoms with Crippen LogP contribution >= 0.6 is 0 Å². The number of carbonyl (C=O) groups excluding carboxylic acids is 1. The predicted octanol–water partition coefficient (Wildman–Crippen LogP) is 2.82. The van der Waals surface area contributed by atoms with Crippen LogP contribution in [0.2, 0.25) is 0 Å². The Morgan fingerprint density at radius 3 is 2.40 bits per heavy atom. The third-order valence-corrected chi connectivity index (χ3v) is 6.92. The van der Waals surface area contributed by atoms with E-state index in [9.17, 15) is 13.2 Å². The molecule has 0 unspecified atom stereocenters. The van der Waals surface area contributed by atoms with Crippen molar-refractivity contribution in [3.63, 3.8) is 0 Å². The summed E-state index contributed by atoms with van der Waals surface area (Å²) >= 11 is 0. The summed E-state index contributed by atoms with van der Waals surface area (Å²) in [5, 5.41) is 2.86. The van der Waals surface area contributed by atoms with Crippen LogP contribution in [0.15, 0.2) is 53.4 Å². The summed E-state index contributed by atoms with van der Waals surface area (Å²) in [6.07, 6.45) is 2.88. The lowest BCUT2D eigenvalue weighted by molar-refractivity contribution is 0.0943. The molecule has 1 fully saturated rings. The van der Waals surface area contributed by atoms with Crippen molar-refractivity contribution < 1.29 is 22.7 Å². The van der Waals surface area contributed by atoms with Gasteiger partial charge in [0.2, 0.25) is 10.0 Å². The minimum atomic E-state index is -3.45. The lowest BCUT2D eigenvalue weighted by Gasteiger charge is -2.25. The molecule has 8 heteroatoms. The number of piperidine rings is 1.